The highest BCUT2D eigenvalue weighted by molar-refractivity contribution is 5.97. The van der Waals surface area contributed by atoms with Crippen LogP contribution in [-0.4, -0.2) is 50.0 Å². The van der Waals surface area contributed by atoms with Gasteiger partial charge in [-0.3, -0.25) is 4.79 Å². The van der Waals surface area contributed by atoms with Gasteiger partial charge in [-0.05, 0) is 19.0 Å². The Balaban J connectivity index is 1.71. The molecule has 1 fully saturated rings. The van der Waals surface area contributed by atoms with Crippen molar-refractivity contribution < 1.29 is 23.8 Å². The molecule has 0 bridgehead atoms. The molecule has 1 saturated heterocycles. The van der Waals surface area contributed by atoms with Crippen molar-refractivity contribution in [2.75, 3.05) is 32.8 Å². The van der Waals surface area contributed by atoms with Crippen LogP contribution in [0.4, 0.5) is 4.39 Å². The molecule has 120 valence electrons. The number of amides is 1. The van der Waals surface area contributed by atoms with Crippen molar-refractivity contribution in [3.8, 4) is 11.5 Å². The fourth-order valence-electron chi connectivity index (χ4n) is 2.74. The van der Waals surface area contributed by atoms with E-state index in [1.807, 2.05) is 0 Å². The molecule has 7 heteroatoms. The first kappa shape index (κ1) is 15.1. The molecule has 1 aromatic rings. The minimum absolute atomic E-state index is 0.00764. The zero-order valence-electron chi connectivity index (χ0n) is 12.1. The summed E-state index contributed by atoms with van der Waals surface area (Å²) < 4.78 is 24.4. The fraction of sp³-hybridized carbons (Fsp3) is 0.533. The van der Waals surface area contributed by atoms with Crippen molar-refractivity contribution in [2.45, 2.75) is 12.5 Å². The van der Waals surface area contributed by atoms with Crippen LogP contribution in [0.25, 0.3) is 0 Å². The van der Waals surface area contributed by atoms with Gasteiger partial charge in [0, 0.05) is 25.1 Å². The molecule has 0 spiro atoms. The molecule has 0 aliphatic carbocycles. The molecule has 2 aliphatic rings. The Labute approximate surface area is 127 Å². The number of nitrogens with one attached hydrogen (secondary N) is 2. The molecule has 0 saturated carbocycles. The van der Waals surface area contributed by atoms with E-state index in [9.17, 15) is 14.3 Å². The first-order valence-corrected chi connectivity index (χ1v) is 7.41. The Morgan fingerprint density at radius 2 is 2.23 bits per heavy atom. The predicted octanol–water partition coefficient (Wildman–Crippen LogP) is 0.297. The van der Waals surface area contributed by atoms with Crippen LogP contribution in [0.5, 0.6) is 11.5 Å². The summed E-state index contributed by atoms with van der Waals surface area (Å²) in [7, 11) is 0. The van der Waals surface area contributed by atoms with Crippen LogP contribution in [0.15, 0.2) is 12.1 Å². The number of benzene rings is 1. The number of aliphatic hydroxyl groups excluding tert-OH is 1. The molecule has 2 aliphatic heterocycles. The lowest BCUT2D eigenvalue weighted by Gasteiger charge is -2.28. The first-order valence-electron chi connectivity index (χ1n) is 7.41. The summed E-state index contributed by atoms with van der Waals surface area (Å²) in [4.78, 5) is 12.3. The number of halogens is 1. The van der Waals surface area contributed by atoms with Crippen molar-refractivity contribution in [3.63, 3.8) is 0 Å². The molecule has 2 heterocycles. The molecule has 3 N–H and O–H groups in total. The van der Waals surface area contributed by atoms with Crippen LogP contribution in [0.2, 0.25) is 0 Å². The second-order valence-electron chi connectivity index (χ2n) is 5.51. The molecule has 2 atom stereocenters. The Morgan fingerprint density at radius 1 is 1.41 bits per heavy atom. The van der Waals surface area contributed by atoms with Gasteiger partial charge in [-0.25, -0.2) is 4.39 Å². The predicted molar refractivity (Wildman–Crippen MR) is 76.7 cm³/mol. The lowest BCUT2D eigenvalue weighted by atomic mass is 9.95. The SMILES string of the molecule is O=C(NC[C@@H]1CCNC[C@H]1O)c1cc(F)cc2c1OCCO2. The van der Waals surface area contributed by atoms with Crippen molar-refractivity contribution in [1.29, 1.82) is 0 Å². The second-order valence-corrected chi connectivity index (χ2v) is 5.51. The van der Waals surface area contributed by atoms with Crippen molar-refractivity contribution >= 4 is 5.91 Å². The second kappa shape index (κ2) is 6.50. The summed E-state index contributed by atoms with van der Waals surface area (Å²) in [5.41, 5.74) is 0.123. The number of piperidine rings is 1. The van der Waals surface area contributed by atoms with E-state index in [1.165, 1.54) is 6.07 Å². The van der Waals surface area contributed by atoms with E-state index in [2.05, 4.69) is 10.6 Å². The molecule has 0 unspecified atom stereocenters. The highest BCUT2D eigenvalue weighted by atomic mass is 19.1. The Hall–Kier alpha value is -1.86. The van der Waals surface area contributed by atoms with Gasteiger partial charge in [0.2, 0.25) is 0 Å². The Bertz CT molecular complexity index is 567. The average Bonchev–Trinajstić information content (AvgIpc) is 2.53. The maximum absolute atomic E-state index is 13.6. The number of hydrogen-bond donors (Lipinski definition) is 3. The highest BCUT2D eigenvalue weighted by Crippen LogP contribution is 2.34. The molecule has 0 aromatic heterocycles. The number of aliphatic hydroxyl groups is 1. The molecule has 0 radical (unpaired) electrons. The van der Waals surface area contributed by atoms with Crippen LogP contribution in [-0.2, 0) is 0 Å². The number of carbonyl (C=O) groups excluding carboxylic acids is 1. The molecular weight excluding hydrogens is 291 g/mol. The van der Waals surface area contributed by atoms with Gasteiger partial charge in [-0.15, -0.1) is 0 Å². The monoisotopic (exact) mass is 310 g/mol. The third-order valence-corrected chi connectivity index (χ3v) is 3.97. The highest BCUT2D eigenvalue weighted by Gasteiger charge is 2.26. The summed E-state index contributed by atoms with van der Waals surface area (Å²) in [5, 5.41) is 15.7. The van der Waals surface area contributed by atoms with Crippen LogP contribution >= 0.6 is 0 Å². The van der Waals surface area contributed by atoms with E-state index < -0.39 is 17.8 Å². The zero-order valence-corrected chi connectivity index (χ0v) is 12.1. The van der Waals surface area contributed by atoms with Crippen molar-refractivity contribution in [3.05, 3.63) is 23.5 Å². The first-order chi connectivity index (χ1) is 10.6. The maximum Gasteiger partial charge on any atom is 0.255 e. The molecule has 22 heavy (non-hydrogen) atoms. The maximum atomic E-state index is 13.6. The molecule has 6 nitrogen and oxygen atoms in total. The molecule has 3 rings (SSSR count). The van der Waals surface area contributed by atoms with E-state index in [4.69, 9.17) is 9.47 Å². The van der Waals surface area contributed by atoms with Gasteiger partial charge < -0.3 is 25.2 Å². The number of fused-ring (bicyclic) bond motifs is 1. The smallest absolute Gasteiger partial charge is 0.255 e. The summed E-state index contributed by atoms with van der Waals surface area (Å²) in [5.74, 6) is -0.454. The Morgan fingerprint density at radius 3 is 3.05 bits per heavy atom. The van der Waals surface area contributed by atoms with Crippen LogP contribution in [0.3, 0.4) is 0 Å². The lowest BCUT2D eigenvalue weighted by Crippen LogP contribution is -2.45. The van der Waals surface area contributed by atoms with Gasteiger partial charge in [0.25, 0.3) is 5.91 Å². The summed E-state index contributed by atoms with van der Waals surface area (Å²) >= 11 is 0. The van der Waals surface area contributed by atoms with Gasteiger partial charge in [0.05, 0.1) is 11.7 Å². The minimum atomic E-state index is -0.545. The number of hydrogen-bond acceptors (Lipinski definition) is 5. The fourth-order valence-corrected chi connectivity index (χ4v) is 2.74. The largest absolute Gasteiger partial charge is 0.486 e. The van der Waals surface area contributed by atoms with Gasteiger partial charge in [0.1, 0.15) is 19.0 Å². The van der Waals surface area contributed by atoms with Gasteiger partial charge in [0.15, 0.2) is 11.5 Å². The zero-order chi connectivity index (χ0) is 15.5. The summed E-state index contributed by atoms with van der Waals surface area (Å²) in [6, 6.07) is 2.35. The summed E-state index contributed by atoms with van der Waals surface area (Å²) in [6.07, 6.45) is 0.289. The molecule has 1 amide bonds. The van der Waals surface area contributed by atoms with Gasteiger partial charge in [-0.1, -0.05) is 0 Å². The van der Waals surface area contributed by atoms with E-state index >= 15 is 0 Å². The molecule has 1 aromatic carbocycles. The topological polar surface area (TPSA) is 79.8 Å². The average molecular weight is 310 g/mol. The van der Waals surface area contributed by atoms with Crippen LogP contribution < -0.4 is 20.1 Å². The van der Waals surface area contributed by atoms with Crippen molar-refractivity contribution in [2.24, 2.45) is 5.92 Å². The number of rotatable bonds is 3. The van der Waals surface area contributed by atoms with E-state index in [-0.39, 0.29) is 23.0 Å². The number of carbonyl (C=O) groups is 1. The van der Waals surface area contributed by atoms with Crippen LogP contribution in [0, 0.1) is 11.7 Å². The van der Waals surface area contributed by atoms with E-state index in [0.29, 0.717) is 26.3 Å². The molecular formula is C15H19FN2O4. The van der Waals surface area contributed by atoms with Gasteiger partial charge in [-0.2, -0.15) is 0 Å². The lowest BCUT2D eigenvalue weighted by molar-refractivity contribution is 0.0749. The Kier molecular flexibility index (Phi) is 4.44. The normalized spacial score (nSPS) is 23.9. The third-order valence-electron chi connectivity index (χ3n) is 3.97. The third kappa shape index (κ3) is 3.15. The van der Waals surface area contributed by atoms with E-state index in [1.54, 1.807) is 0 Å². The van der Waals surface area contributed by atoms with Gasteiger partial charge >= 0.3 is 0 Å². The van der Waals surface area contributed by atoms with Crippen LogP contribution in [0.1, 0.15) is 16.8 Å². The minimum Gasteiger partial charge on any atom is -0.486 e. The standard InChI is InChI=1S/C15H19FN2O4/c16-10-5-11(14-13(6-10)21-3-4-22-14)15(20)18-7-9-1-2-17-8-12(9)19/h5-6,9,12,17,19H,1-4,7-8H2,(H,18,20)/t9-,12+/m0/s1. The number of β-amino-alcohol motifs (C(OH)–C–C–N with tert-alkyl or cyclic N) is 1. The van der Waals surface area contributed by atoms with E-state index in [0.717, 1.165) is 19.0 Å². The van der Waals surface area contributed by atoms with Crippen molar-refractivity contribution in [1.82, 2.24) is 10.6 Å². The summed E-state index contributed by atoms with van der Waals surface area (Å²) in [6.45, 7) is 2.33. The number of ether oxygens (including phenoxy) is 2. The quantitative estimate of drug-likeness (QED) is 0.748.